The summed E-state index contributed by atoms with van der Waals surface area (Å²) >= 11 is 0. The zero-order valence-electron chi connectivity index (χ0n) is 11.6. The summed E-state index contributed by atoms with van der Waals surface area (Å²) in [6.07, 6.45) is 2.75. The van der Waals surface area contributed by atoms with E-state index in [1.165, 1.54) is 17.8 Å². The predicted octanol–water partition coefficient (Wildman–Crippen LogP) is 2.01. The zero-order valence-corrected chi connectivity index (χ0v) is 12.4. The van der Waals surface area contributed by atoms with Crippen LogP contribution in [0, 0.1) is 5.92 Å². The largest absolute Gasteiger partial charge is 0.274 e. The van der Waals surface area contributed by atoms with Crippen molar-refractivity contribution in [3.05, 3.63) is 12.3 Å². The first-order valence-corrected chi connectivity index (χ1v) is 8.17. The summed E-state index contributed by atoms with van der Waals surface area (Å²) in [7, 11) is -0.781. The minimum absolute atomic E-state index is 0.222. The Labute approximate surface area is 117 Å². The van der Waals surface area contributed by atoms with Crippen molar-refractivity contribution >= 4 is 15.8 Å². The molecule has 1 saturated carbocycles. The van der Waals surface area contributed by atoms with E-state index in [-0.39, 0.29) is 18.7 Å². The van der Waals surface area contributed by atoms with Crippen LogP contribution in [-0.2, 0) is 17.1 Å². The number of hydrogen-bond acceptors (Lipinski definition) is 3. The minimum atomic E-state index is -3.79. The maximum atomic E-state index is 13.8. The molecular formula is C12H19F2N3O2S. The van der Waals surface area contributed by atoms with E-state index in [4.69, 9.17) is 0 Å². The number of aryl methyl sites for hydroxylation is 1. The zero-order chi connectivity index (χ0) is 15.0. The van der Waals surface area contributed by atoms with Gasteiger partial charge in [-0.3, -0.25) is 8.99 Å². The molecule has 1 atom stereocenters. The second-order valence-corrected chi connectivity index (χ2v) is 7.34. The molecule has 1 aliphatic rings. The Morgan fingerprint density at radius 1 is 1.50 bits per heavy atom. The number of halogens is 2. The molecule has 1 fully saturated rings. The normalized spacial score (nSPS) is 22.7. The van der Waals surface area contributed by atoms with Crippen molar-refractivity contribution < 1.29 is 17.2 Å². The van der Waals surface area contributed by atoms with Gasteiger partial charge in [0.25, 0.3) is 5.92 Å². The molecule has 0 bridgehead atoms. The van der Waals surface area contributed by atoms with E-state index in [1.807, 2.05) is 0 Å². The van der Waals surface area contributed by atoms with Gasteiger partial charge in [0, 0.05) is 38.7 Å². The topological polar surface area (TPSA) is 55.2 Å². The SMILES string of the molecule is CN(c1ccn(C)n1)S(=O)(=O)CC1CCCCC1(F)F. The molecule has 0 saturated heterocycles. The molecular weight excluding hydrogens is 288 g/mol. The Morgan fingerprint density at radius 3 is 2.75 bits per heavy atom. The lowest BCUT2D eigenvalue weighted by Gasteiger charge is -2.32. The average Bonchev–Trinajstić information content (AvgIpc) is 2.77. The fourth-order valence-electron chi connectivity index (χ4n) is 2.45. The molecule has 5 nitrogen and oxygen atoms in total. The smallest absolute Gasteiger partial charge is 0.251 e. The van der Waals surface area contributed by atoms with Crippen LogP contribution in [0.1, 0.15) is 25.7 Å². The lowest BCUT2D eigenvalue weighted by Crippen LogP contribution is -2.41. The highest BCUT2D eigenvalue weighted by molar-refractivity contribution is 7.92. The highest BCUT2D eigenvalue weighted by Crippen LogP contribution is 2.39. The number of rotatable bonds is 4. The summed E-state index contributed by atoms with van der Waals surface area (Å²) in [6.45, 7) is 0. The van der Waals surface area contributed by atoms with Gasteiger partial charge in [-0.05, 0) is 12.8 Å². The molecule has 1 unspecified atom stereocenters. The van der Waals surface area contributed by atoms with E-state index in [0.717, 1.165) is 4.31 Å². The summed E-state index contributed by atoms with van der Waals surface area (Å²) in [4.78, 5) is 0. The Kier molecular flexibility index (Phi) is 4.04. The van der Waals surface area contributed by atoms with E-state index >= 15 is 0 Å². The van der Waals surface area contributed by atoms with Gasteiger partial charge in [0.2, 0.25) is 10.0 Å². The standard InChI is InChI=1S/C12H19F2N3O2S/c1-16-8-6-11(15-16)17(2)20(18,19)9-10-5-3-4-7-12(10,13)14/h6,8,10H,3-5,7,9H2,1-2H3. The van der Waals surface area contributed by atoms with Gasteiger partial charge >= 0.3 is 0 Å². The third-order valence-corrected chi connectivity index (χ3v) is 5.61. The van der Waals surface area contributed by atoms with Crippen LogP contribution in [0.4, 0.5) is 14.6 Å². The summed E-state index contributed by atoms with van der Waals surface area (Å²) in [5.74, 6) is -4.29. The van der Waals surface area contributed by atoms with Crippen molar-refractivity contribution in [1.82, 2.24) is 9.78 Å². The molecule has 1 aromatic heterocycles. The molecule has 0 amide bonds. The average molecular weight is 307 g/mol. The Balaban J connectivity index is 2.14. The van der Waals surface area contributed by atoms with Gasteiger partial charge in [-0.25, -0.2) is 17.2 Å². The molecule has 0 N–H and O–H groups in total. The molecule has 0 aromatic carbocycles. The van der Waals surface area contributed by atoms with E-state index in [9.17, 15) is 17.2 Å². The summed E-state index contributed by atoms with van der Waals surface area (Å²) in [6, 6.07) is 1.54. The predicted molar refractivity (Wildman–Crippen MR) is 72.3 cm³/mol. The van der Waals surface area contributed by atoms with Gasteiger partial charge < -0.3 is 0 Å². The molecule has 1 heterocycles. The van der Waals surface area contributed by atoms with Gasteiger partial charge in [0.05, 0.1) is 5.75 Å². The van der Waals surface area contributed by atoms with Crippen molar-refractivity contribution in [2.75, 3.05) is 17.1 Å². The first-order chi connectivity index (χ1) is 9.22. The van der Waals surface area contributed by atoms with Gasteiger partial charge in [-0.2, -0.15) is 5.10 Å². The van der Waals surface area contributed by atoms with E-state index in [0.29, 0.717) is 12.8 Å². The van der Waals surface area contributed by atoms with Gasteiger partial charge in [-0.1, -0.05) is 6.42 Å². The van der Waals surface area contributed by atoms with Crippen molar-refractivity contribution in [2.24, 2.45) is 13.0 Å². The molecule has 8 heteroatoms. The number of sulfonamides is 1. The summed E-state index contributed by atoms with van der Waals surface area (Å²) in [5.41, 5.74) is 0. The van der Waals surface area contributed by atoms with Crippen molar-refractivity contribution in [3.63, 3.8) is 0 Å². The fraction of sp³-hybridized carbons (Fsp3) is 0.750. The Bertz CT molecular complexity index is 571. The van der Waals surface area contributed by atoms with Gasteiger partial charge in [0.15, 0.2) is 5.82 Å². The summed E-state index contributed by atoms with van der Waals surface area (Å²) < 4.78 is 54.5. The van der Waals surface area contributed by atoms with Crippen molar-refractivity contribution in [2.45, 2.75) is 31.6 Å². The van der Waals surface area contributed by atoms with Crippen molar-refractivity contribution in [1.29, 1.82) is 0 Å². The Morgan fingerprint density at radius 2 is 2.20 bits per heavy atom. The highest BCUT2D eigenvalue weighted by atomic mass is 32.2. The van der Waals surface area contributed by atoms with E-state index in [2.05, 4.69) is 5.10 Å². The van der Waals surface area contributed by atoms with Crippen LogP contribution in [0.3, 0.4) is 0 Å². The minimum Gasteiger partial charge on any atom is -0.274 e. The molecule has 20 heavy (non-hydrogen) atoms. The quantitative estimate of drug-likeness (QED) is 0.855. The molecule has 2 rings (SSSR count). The number of alkyl halides is 2. The Hall–Kier alpha value is -1.18. The lowest BCUT2D eigenvalue weighted by molar-refractivity contribution is -0.0770. The number of nitrogens with zero attached hydrogens (tertiary/aromatic N) is 3. The number of hydrogen-bond donors (Lipinski definition) is 0. The number of aromatic nitrogens is 2. The second kappa shape index (κ2) is 5.31. The van der Waals surface area contributed by atoms with Crippen LogP contribution in [0.25, 0.3) is 0 Å². The highest BCUT2D eigenvalue weighted by Gasteiger charge is 2.44. The third-order valence-electron chi connectivity index (χ3n) is 3.76. The number of anilines is 1. The van der Waals surface area contributed by atoms with Gasteiger partial charge in [0.1, 0.15) is 0 Å². The lowest BCUT2D eigenvalue weighted by atomic mass is 9.87. The molecule has 0 radical (unpaired) electrons. The van der Waals surface area contributed by atoms with Crippen molar-refractivity contribution in [3.8, 4) is 0 Å². The van der Waals surface area contributed by atoms with E-state index < -0.39 is 27.6 Å². The first kappa shape index (κ1) is 15.2. The van der Waals surface area contributed by atoms with Gasteiger partial charge in [-0.15, -0.1) is 0 Å². The van der Waals surface area contributed by atoms with Crippen LogP contribution >= 0.6 is 0 Å². The van der Waals surface area contributed by atoms with Crippen LogP contribution in [0.5, 0.6) is 0 Å². The molecule has 1 aromatic rings. The summed E-state index contributed by atoms with van der Waals surface area (Å²) in [5, 5.41) is 3.98. The third kappa shape index (κ3) is 3.11. The monoisotopic (exact) mass is 307 g/mol. The molecule has 114 valence electrons. The van der Waals surface area contributed by atoms with Crippen LogP contribution in [0.2, 0.25) is 0 Å². The van der Waals surface area contributed by atoms with Crippen LogP contribution < -0.4 is 4.31 Å². The van der Waals surface area contributed by atoms with Crippen LogP contribution in [0.15, 0.2) is 12.3 Å². The molecule has 0 aliphatic heterocycles. The van der Waals surface area contributed by atoms with Crippen LogP contribution in [-0.4, -0.2) is 36.9 Å². The maximum Gasteiger partial charge on any atom is 0.251 e. The fourth-order valence-corrected chi connectivity index (χ4v) is 3.98. The van der Waals surface area contributed by atoms with E-state index in [1.54, 1.807) is 13.2 Å². The molecule has 0 spiro atoms. The second-order valence-electron chi connectivity index (χ2n) is 5.30. The maximum absolute atomic E-state index is 13.8. The first-order valence-electron chi connectivity index (χ1n) is 6.56. The molecule has 1 aliphatic carbocycles.